The van der Waals surface area contributed by atoms with Crippen molar-refractivity contribution in [3.63, 3.8) is 0 Å². The molecule has 0 radical (unpaired) electrons. The van der Waals surface area contributed by atoms with Crippen LogP contribution in [0.2, 0.25) is 10.0 Å². The molecular formula is C35H31Cl2N3O5S2. The van der Waals surface area contributed by atoms with Crippen LogP contribution in [0.3, 0.4) is 0 Å². The van der Waals surface area contributed by atoms with Gasteiger partial charge in [0.1, 0.15) is 10.7 Å². The van der Waals surface area contributed by atoms with Gasteiger partial charge in [-0.1, -0.05) is 60.0 Å². The molecule has 0 atom stereocenters. The fourth-order valence-electron chi connectivity index (χ4n) is 5.04. The van der Waals surface area contributed by atoms with Gasteiger partial charge in [0, 0.05) is 31.1 Å². The number of hydrogen-bond donors (Lipinski definition) is 3. The fraction of sp³-hybridized carbons (Fsp3) is 0.200. The lowest BCUT2D eigenvalue weighted by Gasteiger charge is -2.13. The first kappa shape index (κ1) is 34.3. The quantitative estimate of drug-likeness (QED) is 0.0662. The molecule has 4 aromatic rings. The first-order chi connectivity index (χ1) is 22.7. The molecule has 3 amide bonds. The van der Waals surface area contributed by atoms with E-state index in [1.54, 1.807) is 66.7 Å². The Hall–Kier alpha value is -4.09. The third-order valence-electron chi connectivity index (χ3n) is 7.32. The summed E-state index contributed by atoms with van der Waals surface area (Å²) < 4.78 is 5.04. The van der Waals surface area contributed by atoms with Gasteiger partial charge in [-0.3, -0.25) is 14.4 Å². The zero-order chi connectivity index (χ0) is 33.3. The maximum Gasteiger partial charge on any atom is 0.341 e. The summed E-state index contributed by atoms with van der Waals surface area (Å²) in [4.78, 5) is 54.0. The summed E-state index contributed by atoms with van der Waals surface area (Å²) >= 11 is 15.1. The number of carbonyl (C=O) groups is 4. The van der Waals surface area contributed by atoms with E-state index in [-0.39, 0.29) is 17.4 Å². The number of methoxy groups -OCH3 is 1. The van der Waals surface area contributed by atoms with Crippen molar-refractivity contribution in [3.8, 4) is 0 Å². The highest BCUT2D eigenvalue weighted by Gasteiger charge is 2.26. The van der Waals surface area contributed by atoms with Gasteiger partial charge >= 0.3 is 5.97 Å². The normalized spacial score (nSPS) is 12.8. The van der Waals surface area contributed by atoms with Crippen LogP contribution in [0.4, 0.5) is 10.7 Å². The molecule has 0 unspecified atom stereocenters. The van der Waals surface area contributed by atoms with E-state index in [2.05, 4.69) is 16.0 Å². The number of thiophene rings is 1. The fourth-order valence-corrected chi connectivity index (χ4v) is 7.55. The molecule has 0 bridgehead atoms. The maximum atomic E-state index is 13.5. The number of aryl methyl sites for hydroxylation is 1. The summed E-state index contributed by atoms with van der Waals surface area (Å²) in [6, 6.07) is 20.4. The number of nitrogens with one attached hydrogen (secondary N) is 3. The van der Waals surface area contributed by atoms with Crippen LogP contribution < -0.4 is 16.0 Å². The summed E-state index contributed by atoms with van der Waals surface area (Å²) in [7, 11) is 1.35. The second kappa shape index (κ2) is 16.1. The van der Waals surface area contributed by atoms with Crippen LogP contribution in [-0.4, -0.2) is 36.6 Å². The molecule has 1 aromatic heterocycles. The van der Waals surface area contributed by atoms with Crippen molar-refractivity contribution in [1.82, 2.24) is 5.32 Å². The van der Waals surface area contributed by atoms with Crippen molar-refractivity contribution in [2.24, 2.45) is 0 Å². The molecule has 242 valence electrons. The van der Waals surface area contributed by atoms with Gasteiger partial charge in [0.05, 0.1) is 18.4 Å². The van der Waals surface area contributed by atoms with E-state index in [4.69, 9.17) is 27.9 Å². The molecule has 0 saturated heterocycles. The van der Waals surface area contributed by atoms with Crippen LogP contribution in [0.15, 0.2) is 83.4 Å². The first-order valence-corrected chi connectivity index (χ1v) is 17.4. The van der Waals surface area contributed by atoms with Crippen molar-refractivity contribution < 1.29 is 23.9 Å². The van der Waals surface area contributed by atoms with E-state index >= 15 is 0 Å². The molecule has 0 saturated carbocycles. The molecule has 3 N–H and O–H groups in total. The van der Waals surface area contributed by atoms with Gasteiger partial charge in [-0.25, -0.2) is 4.79 Å². The number of fused-ring (bicyclic) bond motifs is 1. The molecule has 47 heavy (non-hydrogen) atoms. The minimum Gasteiger partial charge on any atom is -0.465 e. The third kappa shape index (κ3) is 9.04. The van der Waals surface area contributed by atoms with E-state index in [0.717, 1.165) is 47.4 Å². The highest BCUT2D eigenvalue weighted by molar-refractivity contribution is 8.00. The molecule has 1 aliphatic carbocycles. The number of halogens is 2. The topological polar surface area (TPSA) is 114 Å². The van der Waals surface area contributed by atoms with Crippen molar-refractivity contribution >= 4 is 86.8 Å². The number of rotatable bonds is 10. The predicted molar refractivity (Wildman–Crippen MR) is 190 cm³/mol. The Morgan fingerprint density at radius 3 is 2.47 bits per heavy atom. The monoisotopic (exact) mass is 707 g/mol. The maximum absolute atomic E-state index is 13.5. The van der Waals surface area contributed by atoms with Crippen LogP contribution in [0.5, 0.6) is 0 Å². The zero-order valence-corrected chi connectivity index (χ0v) is 28.5. The van der Waals surface area contributed by atoms with E-state index < -0.39 is 17.8 Å². The third-order valence-corrected chi connectivity index (χ3v) is 10.1. The number of esters is 1. The van der Waals surface area contributed by atoms with E-state index in [1.165, 1.54) is 36.3 Å². The second-order valence-corrected chi connectivity index (χ2v) is 13.6. The number of benzene rings is 3. The second-order valence-electron chi connectivity index (χ2n) is 10.6. The molecule has 0 spiro atoms. The van der Waals surface area contributed by atoms with Gasteiger partial charge in [-0.2, -0.15) is 0 Å². The Bertz CT molecular complexity index is 1840. The van der Waals surface area contributed by atoms with Crippen LogP contribution in [-0.2, 0) is 27.2 Å². The van der Waals surface area contributed by atoms with Crippen molar-refractivity contribution in [2.75, 3.05) is 23.5 Å². The highest BCUT2D eigenvalue weighted by atomic mass is 35.5. The molecule has 8 nitrogen and oxygen atoms in total. The van der Waals surface area contributed by atoms with Crippen molar-refractivity contribution in [1.29, 1.82) is 0 Å². The average molecular weight is 709 g/mol. The lowest BCUT2D eigenvalue weighted by Crippen LogP contribution is -2.30. The van der Waals surface area contributed by atoms with Gasteiger partial charge in [0.2, 0.25) is 5.91 Å². The summed E-state index contributed by atoms with van der Waals surface area (Å²) in [5.74, 6) is -1.67. The van der Waals surface area contributed by atoms with Crippen LogP contribution >= 0.6 is 46.3 Å². The smallest absolute Gasteiger partial charge is 0.341 e. The lowest BCUT2D eigenvalue weighted by molar-refractivity contribution is -0.114. The number of hydrogen-bond acceptors (Lipinski definition) is 7. The zero-order valence-electron chi connectivity index (χ0n) is 25.4. The van der Waals surface area contributed by atoms with Gasteiger partial charge in [-0.15, -0.1) is 23.1 Å². The predicted octanol–water partition coefficient (Wildman–Crippen LogP) is 8.25. The largest absolute Gasteiger partial charge is 0.465 e. The van der Waals surface area contributed by atoms with Gasteiger partial charge in [0.25, 0.3) is 11.8 Å². The molecule has 12 heteroatoms. The summed E-state index contributed by atoms with van der Waals surface area (Å²) in [6.07, 6.45) is 6.30. The Morgan fingerprint density at radius 1 is 0.915 bits per heavy atom. The average Bonchev–Trinajstić information content (AvgIpc) is 3.23. The van der Waals surface area contributed by atoms with Crippen LogP contribution in [0.1, 0.15) is 56.0 Å². The number of carbonyl (C=O) groups excluding carboxylic acids is 4. The minimum atomic E-state index is -0.576. The standard InChI is InChI=1S/C35H31Cl2N3O5S2/c1-45-35(44)31-26-13-6-3-7-14-29(26)47-34(31)40-30(41)20-46-25-12-8-11-24(19-25)38-33(43)28(17-22-15-16-23(36)18-27(22)37)39-32(42)21-9-4-2-5-10-21/h2,4-5,8-12,15-19H,3,6-7,13-14,20H2,1H3,(H,38,43)(H,39,42)(H,40,41)/b28-17+. The molecule has 0 fully saturated rings. The Morgan fingerprint density at radius 2 is 1.70 bits per heavy atom. The number of ether oxygens (including phenoxy) is 1. The molecule has 1 heterocycles. The molecular weight excluding hydrogens is 677 g/mol. The van der Waals surface area contributed by atoms with Gasteiger partial charge in [0.15, 0.2) is 0 Å². The number of anilines is 2. The van der Waals surface area contributed by atoms with Crippen molar-refractivity contribution in [2.45, 2.75) is 37.0 Å². The van der Waals surface area contributed by atoms with E-state index in [1.807, 2.05) is 6.07 Å². The van der Waals surface area contributed by atoms with Crippen LogP contribution in [0.25, 0.3) is 6.08 Å². The Balaban J connectivity index is 1.28. The van der Waals surface area contributed by atoms with Gasteiger partial charge < -0.3 is 20.7 Å². The summed E-state index contributed by atoms with van der Waals surface area (Å²) in [5, 5.41) is 9.70. The minimum absolute atomic E-state index is 0.0312. The summed E-state index contributed by atoms with van der Waals surface area (Å²) in [5.41, 5.74) is 2.73. The van der Waals surface area contributed by atoms with E-state index in [0.29, 0.717) is 37.4 Å². The van der Waals surface area contributed by atoms with Gasteiger partial charge in [-0.05, 0) is 85.4 Å². The molecule has 3 aromatic carbocycles. The Labute approximate surface area is 290 Å². The highest BCUT2D eigenvalue weighted by Crippen LogP contribution is 2.38. The SMILES string of the molecule is COC(=O)c1c(NC(=O)CSc2cccc(NC(=O)/C(=C\c3ccc(Cl)cc3Cl)NC(=O)c3ccccc3)c2)sc2c1CCCCC2. The first-order valence-electron chi connectivity index (χ1n) is 14.8. The number of thioether (sulfide) groups is 1. The van der Waals surface area contributed by atoms with Crippen LogP contribution in [0, 0.1) is 0 Å². The number of amides is 3. The molecule has 0 aliphatic heterocycles. The Kier molecular flexibility index (Phi) is 11.8. The lowest BCUT2D eigenvalue weighted by atomic mass is 10.1. The van der Waals surface area contributed by atoms with E-state index in [9.17, 15) is 19.2 Å². The summed E-state index contributed by atoms with van der Waals surface area (Å²) in [6.45, 7) is 0. The van der Waals surface area contributed by atoms with Crippen molar-refractivity contribution in [3.05, 3.63) is 116 Å². The molecule has 1 aliphatic rings. The molecule has 5 rings (SSSR count).